The maximum Gasteiger partial charge on any atom is 0.143 e. The van der Waals surface area contributed by atoms with E-state index in [0.717, 1.165) is 25.3 Å². The average molecular weight is 301 g/mol. The highest BCUT2D eigenvalue weighted by atomic mass is 16.5. The van der Waals surface area contributed by atoms with E-state index in [9.17, 15) is 0 Å². The highest BCUT2D eigenvalue weighted by Gasteiger charge is 2.32. The zero-order valence-electron chi connectivity index (χ0n) is 13.0. The zero-order chi connectivity index (χ0) is 15.2. The Morgan fingerprint density at radius 3 is 2.78 bits per heavy atom. The minimum atomic E-state index is 0.313. The molecule has 23 heavy (non-hydrogen) atoms. The van der Waals surface area contributed by atoms with Crippen molar-refractivity contribution in [1.82, 2.24) is 0 Å². The van der Waals surface area contributed by atoms with Gasteiger partial charge in [0.2, 0.25) is 0 Å². The molecule has 114 valence electrons. The van der Waals surface area contributed by atoms with E-state index in [0.29, 0.717) is 6.04 Å². The Labute approximate surface area is 136 Å². The number of para-hydroxylation sites is 1. The SMILES string of the molecule is c1cc2c3c(c1)OCC(c1ccc4ccccc4c1)N3CCC2. The van der Waals surface area contributed by atoms with E-state index < -0.39 is 0 Å². The molecule has 2 heteroatoms. The highest BCUT2D eigenvalue weighted by molar-refractivity contribution is 5.83. The van der Waals surface area contributed by atoms with Gasteiger partial charge < -0.3 is 9.64 Å². The van der Waals surface area contributed by atoms with Crippen molar-refractivity contribution in [1.29, 1.82) is 0 Å². The molecule has 0 radical (unpaired) electrons. The molecule has 0 saturated heterocycles. The van der Waals surface area contributed by atoms with E-state index in [1.165, 1.54) is 34.0 Å². The molecule has 0 spiro atoms. The summed E-state index contributed by atoms with van der Waals surface area (Å²) in [6.45, 7) is 1.85. The lowest BCUT2D eigenvalue weighted by Gasteiger charge is -2.42. The van der Waals surface area contributed by atoms with Crippen LogP contribution in [-0.4, -0.2) is 13.2 Å². The summed E-state index contributed by atoms with van der Waals surface area (Å²) >= 11 is 0. The quantitative estimate of drug-likeness (QED) is 0.644. The van der Waals surface area contributed by atoms with Crippen LogP contribution in [0.25, 0.3) is 10.8 Å². The summed E-state index contributed by atoms with van der Waals surface area (Å²) in [7, 11) is 0. The fourth-order valence-electron chi connectivity index (χ4n) is 4.03. The van der Waals surface area contributed by atoms with Crippen molar-refractivity contribution in [3.8, 4) is 5.75 Å². The highest BCUT2D eigenvalue weighted by Crippen LogP contribution is 2.44. The molecule has 0 aliphatic carbocycles. The van der Waals surface area contributed by atoms with E-state index in [1.807, 2.05) is 0 Å². The number of hydrogen-bond acceptors (Lipinski definition) is 2. The Kier molecular flexibility index (Phi) is 2.84. The predicted octanol–water partition coefficient (Wildman–Crippen LogP) is 4.73. The third kappa shape index (κ3) is 2.02. The maximum atomic E-state index is 6.11. The second kappa shape index (κ2) is 5.02. The van der Waals surface area contributed by atoms with E-state index in [1.54, 1.807) is 0 Å². The number of benzene rings is 3. The first-order valence-corrected chi connectivity index (χ1v) is 8.40. The van der Waals surface area contributed by atoms with E-state index >= 15 is 0 Å². The van der Waals surface area contributed by atoms with Crippen molar-refractivity contribution in [3.63, 3.8) is 0 Å². The molecule has 0 bridgehead atoms. The van der Waals surface area contributed by atoms with Crippen LogP contribution < -0.4 is 9.64 Å². The fourth-order valence-corrected chi connectivity index (χ4v) is 4.03. The molecular weight excluding hydrogens is 282 g/mol. The molecule has 0 amide bonds. The molecule has 1 unspecified atom stereocenters. The van der Waals surface area contributed by atoms with Gasteiger partial charge >= 0.3 is 0 Å². The van der Waals surface area contributed by atoms with Crippen molar-refractivity contribution in [2.75, 3.05) is 18.1 Å². The first-order valence-electron chi connectivity index (χ1n) is 8.40. The number of hydrogen-bond donors (Lipinski definition) is 0. The van der Waals surface area contributed by atoms with Crippen LogP contribution in [0.15, 0.2) is 60.7 Å². The first kappa shape index (κ1) is 13.0. The lowest BCUT2D eigenvalue weighted by molar-refractivity contribution is 0.260. The van der Waals surface area contributed by atoms with Gasteiger partial charge in [0, 0.05) is 6.54 Å². The second-order valence-corrected chi connectivity index (χ2v) is 6.49. The average Bonchev–Trinajstić information content (AvgIpc) is 2.62. The standard InChI is InChI=1S/C21H19NO/c1-2-6-17-13-18(11-10-15(17)5-1)19-14-23-20-9-3-7-16-8-4-12-22(19)21(16)20/h1-3,5-7,9-11,13,19H,4,8,12,14H2. The van der Waals surface area contributed by atoms with E-state index in [2.05, 4.69) is 65.6 Å². The lowest BCUT2D eigenvalue weighted by Crippen LogP contribution is -2.40. The molecule has 2 aliphatic rings. The van der Waals surface area contributed by atoms with Crippen LogP contribution in [0.5, 0.6) is 5.75 Å². The van der Waals surface area contributed by atoms with Crippen LogP contribution in [0.1, 0.15) is 23.6 Å². The van der Waals surface area contributed by atoms with Gasteiger partial charge in [-0.1, -0.05) is 48.5 Å². The summed E-state index contributed by atoms with van der Waals surface area (Å²) in [6.07, 6.45) is 2.38. The number of anilines is 1. The molecule has 5 rings (SSSR count). The molecule has 0 N–H and O–H groups in total. The number of fused-ring (bicyclic) bond motifs is 1. The maximum absolute atomic E-state index is 6.11. The van der Waals surface area contributed by atoms with Crippen LogP contribution in [0.3, 0.4) is 0 Å². The summed E-state index contributed by atoms with van der Waals surface area (Å²) in [5.74, 6) is 1.05. The van der Waals surface area contributed by atoms with Gasteiger partial charge in [0.05, 0.1) is 11.7 Å². The van der Waals surface area contributed by atoms with Gasteiger partial charge in [0.25, 0.3) is 0 Å². The first-order chi connectivity index (χ1) is 11.4. The predicted molar refractivity (Wildman–Crippen MR) is 94.3 cm³/mol. The van der Waals surface area contributed by atoms with Crippen LogP contribution in [0, 0.1) is 0 Å². The minimum absolute atomic E-state index is 0.313. The van der Waals surface area contributed by atoms with Crippen molar-refractivity contribution < 1.29 is 4.74 Å². The number of rotatable bonds is 1. The molecule has 1 atom stereocenters. The molecule has 2 nitrogen and oxygen atoms in total. The molecule has 0 fully saturated rings. The Bertz CT molecular complexity index is 872. The number of nitrogens with zero attached hydrogens (tertiary/aromatic N) is 1. The Hall–Kier alpha value is -2.48. The van der Waals surface area contributed by atoms with Crippen molar-refractivity contribution >= 4 is 16.5 Å². The fraction of sp³-hybridized carbons (Fsp3) is 0.238. The normalized spacial score (nSPS) is 19.3. The monoisotopic (exact) mass is 301 g/mol. The van der Waals surface area contributed by atoms with Gasteiger partial charge in [-0.3, -0.25) is 0 Å². The minimum Gasteiger partial charge on any atom is -0.489 e. The largest absolute Gasteiger partial charge is 0.489 e. The van der Waals surface area contributed by atoms with Crippen LogP contribution in [0.4, 0.5) is 5.69 Å². The molecule has 3 aromatic carbocycles. The van der Waals surface area contributed by atoms with E-state index in [-0.39, 0.29) is 0 Å². The third-order valence-electron chi connectivity index (χ3n) is 5.15. The summed E-state index contributed by atoms with van der Waals surface area (Å²) in [4.78, 5) is 2.56. The molecule has 2 heterocycles. The molecule has 0 saturated carbocycles. The molecule has 2 aliphatic heterocycles. The van der Waals surface area contributed by atoms with Crippen molar-refractivity contribution in [3.05, 3.63) is 71.8 Å². The summed E-state index contributed by atoms with van der Waals surface area (Å²) < 4.78 is 6.11. The Balaban J connectivity index is 1.62. The van der Waals surface area contributed by atoms with Gasteiger partial charge in [-0.2, -0.15) is 0 Å². The zero-order valence-corrected chi connectivity index (χ0v) is 13.0. The van der Waals surface area contributed by atoms with Crippen LogP contribution in [-0.2, 0) is 6.42 Å². The van der Waals surface area contributed by atoms with Crippen LogP contribution >= 0.6 is 0 Å². The van der Waals surface area contributed by atoms with Gasteiger partial charge in [-0.15, -0.1) is 0 Å². The Morgan fingerprint density at radius 2 is 1.83 bits per heavy atom. The summed E-state index contributed by atoms with van der Waals surface area (Å²) in [6, 6.07) is 22.2. The second-order valence-electron chi connectivity index (χ2n) is 6.49. The molecule has 3 aromatic rings. The number of ether oxygens (including phenoxy) is 1. The summed E-state index contributed by atoms with van der Waals surface area (Å²) in [5, 5.41) is 2.61. The van der Waals surface area contributed by atoms with Crippen molar-refractivity contribution in [2.45, 2.75) is 18.9 Å². The van der Waals surface area contributed by atoms with Crippen molar-refractivity contribution in [2.24, 2.45) is 0 Å². The molecule has 0 aromatic heterocycles. The lowest BCUT2D eigenvalue weighted by atomic mass is 9.94. The van der Waals surface area contributed by atoms with Gasteiger partial charge in [-0.25, -0.2) is 0 Å². The van der Waals surface area contributed by atoms with Gasteiger partial charge in [0.15, 0.2) is 0 Å². The Morgan fingerprint density at radius 1 is 0.913 bits per heavy atom. The summed E-state index contributed by atoms with van der Waals surface area (Å²) in [5.41, 5.74) is 4.11. The van der Waals surface area contributed by atoms with Crippen LogP contribution in [0.2, 0.25) is 0 Å². The third-order valence-corrected chi connectivity index (χ3v) is 5.15. The molecular formula is C21H19NO. The smallest absolute Gasteiger partial charge is 0.143 e. The van der Waals surface area contributed by atoms with Gasteiger partial charge in [0.1, 0.15) is 12.4 Å². The van der Waals surface area contributed by atoms with E-state index in [4.69, 9.17) is 4.74 Å². The topological polar surface area (TPSA) is 12.5 Å². The van der Waals surface area contributed by atoms with Gasteiger partial charge in [-0.05, 0) is 46.9 Å². The number of aryl methyl sites for hydroxylation is 1.